The maximum absolute atomic E-state index is 10.3. The number of aliphatic hydroxyl groups excluding tert-OH is 1. The van der Waals surface area contributed by atoms with Gasteiger partial charge in [0.25, 0.3) is 0 Å². The lowest BCUT2D eigenvalue weighted by molar-refractivity contribution is 0.105. The van der Waals surface area contributed by atoms with Crippen LogP contribution in [0.2, 0.25) is 0 Å². The molecule has 3 N–H and O–H groups in total. The van der Waals surface area contributed by atoms with Gasteiger partial charge in [0, 0.05) is 32.7 Å². The molecule has 1 saturated heterocycles. The summed E-state index contributed by atoms with van der Waals surface area (Å²) in [6.07, 6.45) is -0.484. The molecule has 100 valence electrons. The van der Waals surface area contributed by atoms with E-state index in [1.54, 1.807) is 6.07 Å². The number of aliphatic hydroxyl groups is 1. The fourth-order valence-corrected chi connectivity index (χ4v) is 2.42. The van der Waals surface area contributed by atoms with E-state index in [9.17, 15) is 10.2 Å². The van der Waals surface area contributed by atoms with E-state index in [0.29, 0.717) is 12.3 Å². The Kier molecular flexibility index (Phi) is 4.22. The molecule has 0 aromatic heterocycles. The van der Waals surface area contributed by atoms with Gasteiger partial charge in [0.1, 0.15) is 5.75 Å². The van der Waals surface area contributed by atoms with E-state index in [1.807, 2.05) is 19.9 Å². The van der Waals surface area contributed by atoms with Crippen LogP contribution < -0.4 is 5.32 Å². The van der Waals surface area contributed by atoms with Crippen LogP contribution in [0.15, 0.2) is 12.1 Å². The monoisotopic (exact) mass is 250 g/mol. The van der Waals surface area contributed by atoms with Crippen molar-refractivity contribution in [1.82, 2.24) is 10.2 Å². The van der Waals surface area contributed by atoms with Crippen LogP contribution in [0.25, 0.3) is 0 Å². The van der Waals surface area contributed by atoms with Crippen molar-refractivity contribution in [1.29, 1.82) is 0 Å². The fourth-order valence-electron chi connectivity index (χ4n) is 2.42. The summed E-state index contributed by atoms with van der Waals surface area (Å²) in [5.74, 6) is 0.297. The van der Waals surface area contributed by atoms with Crippen LogP contribution in [-0.4, -0.2) is 47.8 Å². The van der Waals surface area contributed by atoms with Gasteiger partial charge in [0.2, 0.25) is 0 Å². The zero-order chi connectivity index (χ0) is 13.1. The fraction of sp³-hybridized carbons (Fsp3) is 0.571. The van der Waals surface area contributed by atoms with E-state index >= 15 is 0 Å². The largest absolute Gasteiger partial charge is 0.508 e. The number of hydrogen-bond donors (Lipinski definition) is 3. The summed E-state index contributed by atoms with van der Waals surface area (Å²) < 4.78 is 0. The van der Waals surface area contributed by atoms with Gasteiger partial charge in [0.05, 0.1) is 6.10 Å². The highest BCUT2D eigenvalue weighted by molar-refractivity contribution is 5.43. The number of phenolic OH excluding ortho intramolecular Hbond substituents is 1. The molecule has 0 bridgehead atoms. The molecule has 1 atom stereocenters. The van der Waals surface area contributed by atoms with Crippen molar-refractivity contribution in [3.63, 3.8) is 0 Å². The molecule has 1 heterocycles. The lowest BCUT2D eigenvalue weighted by Gasteiger charge is -2.29. The normalized spacial score (nSPS) is 18.8. The Morgan fingerprint density at radius 3 is 2.56 bits per heavy atom. The molecule has 0 saturated carbocycles. The summed E-state index contributed by atoms with van der Waals surface area (Å²) in [6, 6.07) is 3.49. The lowest BCUT2D eigenvalue weighted by Crippen LogP contribution is -2.45. The zero-order valence-electron chi connectivity index (χ0n) is 11.1. The van der Waals surface area contributed by atoms with Crippen LogP contribution in [0, 0.1) is 13.8 Å². The standard InChI is InChI=1S/C14H22N2O2/c1-10-11(2)13(17)4-3-12(10)14(18)9-16-7-5-15-6-8-16/h3-4,14-15,17-18H,5-9H2,1-2H3. The number of hydrogen-bond acceptors (Lipinski definition) is 4. The molecule has 0 aliphatic carbocycles. The Hall–Kier alpha value is -1.10. The molecule has 18 heavy (non-hydrogen) atoms. The third kappa shape index (κ3) is 2.83. The SMILES string of the molecule is Cc1c(O)ccc(C(O)CN2CCNCC2)c1C. The van der Waals surface area contributed by atoms with Crippen LogP contribution in [0.3, 0.4) is 0 Å². The van der Waals surface area contributed by atoms with Crippen molar-refractivity contribution < 1.29 is 10.2 Å². The maximum atomic E-state index is 10.3. The molecule has 4 nitrogen and oxygen atoms in total. The van der Waals surface area contributed by atoms with Gasteiger partial charge in [-0.05, 0) is 36.6 Å². The van der Waals surface area contributed by atoms with E-state index in [0.717, 1.165) is 42.9 Å². The summed E-state index contributed by atoms with van der Waals surface area (Å²) in [6.45, 7) is 8.42. The molecule has 1 fully saturated rings. The number of nitrogens with zero attached hydrogens (tertiary/aromatic N) is 1. The zero-order valence-corrected chi connectivity index (χ0v) is 11.1. The minimum absolute atomic E-state index is 0.297. The molecule has 0 spiro atoms. The molecule has 2 rings (SSSR count). The topological polar surface area (TPSA) is 55.7 Å². The second-order valence-corrected chi connectivity index (χ2v) is 4.99. The molecule has 1 aromatic rings. The molecule has 1 aromatic carbocycles. The summed E-state index contributed by atoms with van der Waals surface area (Å²) in [5, 5.41) is 23.3. The van der Waals surface area contributed by atoms with E-state index in [-0.39, 0.29) is 0 Å². The third-order valence-corrected chi connectivity index (χ3v) is 3.80. The number of nitrogens with one attached hydrogen (secondary N) is 1. The first-order valence-corrected chi connectivity index (χ1v) is 6.50. The van der Waals surface area contributed by atoms with Crippen molar-refractivity contribution in [3.8, 4) is 5.75 Å². The van der Waals surface area contributed by atoms with E-state index < -0.39 is 6.10 Å². The van der Waals surface area contributed by atoms with Gasteiger partial charge in [-0.25, -0.2) is 0 Å². The lowest BCUT2D eigenvalue weighted by atomic mass is 9.98. The Balaban J connectivity index is 2.08. The van der Waals surface area contributed by atoms with Gasteiger partial charge in [-0.2, -0.15) is 0 Å². The molecule has 1 aliphatic heterocycles. The molecular formula is C14H22N2O2. The first-order chi connectivity index (χ1) is 8.59. The van der Waals surface area contributed by atoms with Crippen LogP contribution >= 0.6 is 0 Å². The highest BCUT2D eigenvalue weighted by Crippen LogP contribution is 2.27. The van der Waals surface area contributed by atoms with Crippen molar-refractivity contribution >= 4 is 0 Å². The highest BCUT2D eigenvalue weighted by Gasteiger charge is 2.18. The Bertz CT molecular complexity index is 415. The summed E-state index contributed by atoms with van der Waals surface area (Å²) in [4.78, 5) is 2.27. The van der Waals surface area contributed by atoms with Gasteiger partial charge < -0.3 is 15.5 Å². The van der Waals surface area contributed by atoms with Crippen LogP contribution in [0.4, 0.5) is 0 Å². The first kappa shape index (κ1) is 13.3. The van der Waals surface area contributed by atoms with Gasteiger partial charge >= 0.3 is 0 Å². The Morgan fingerprint density at radius 1 is 1.22 bits per heavy atom. The van der Waals surface area contributed by atoms with Crippen molar-refractivity contribution in [3.05, 3.63) is 28.8 Å². The number of rotatable bonds is 3. The Morgan fingerprint density at radius 2 is 1.89 bits per heavy atom. The smallest absolute Gasteiger partial charge is 0.118 e. The number of phenols is 1. The van der Waals surface area contributed by atoms with Crippen molar-refractivity contribution in [2.75, 3.05) is 32.7 Å². The molecule has 1 unspecified atom stereocenters. The first-order valence-electron chi connectivity index (χ1n) is 6.50. The van der Waals surface area contributed by atoms with E-state index in [2.05, 4.69) is 10.2 Å². The number of piperazine rings is 1. The second kappa shape index (κ2) is 5.69. The highest BCUT2D eigenvalue weighted by atomic mass is 16.3. The van der Waals surface area contributed by atoms with Crippen LogP contribution in [0.1, 0.15) is 22.8 Å². The minimum atomic E-state index is -0.484. The number of aromatic hydroxyl groups is 1. The van der Waals surface area contributed by atoms with Crippen molar-refractivity contribution in [2.45, 2.75) is 20.0 Å². The maximum Gasteiger partial charge on any atom is 0.118 e. The predicted molar refractivity (Wildman–Crippen MR) is 71.9 cm³/mol. The molecule has 0 radical (unpaired) electrons. The van der Waals surface area contributed by atoms with Gasteiger partial charge in [-0.15, -0.1) is 0 Å². The third-order valence-electron chi connectivity index (χ3n) is 3.80. The van der Waals surface area contributed by atoms with Gasteiger partial charge in [0.15, 0.2) is 0 Å². The average Bonchev–Trinajstić information content (AvgIpc) is 2.37. The minimum Gasteiger partial charge on any atom is -0.508 e. The second-order valence-electron chi connectivity index (χ2n) is 4.99. The van der Waals surface area contributed by atoms with Gasteiger partial charge in [-0.1, -0.05) is 6.07 Å². The van der Waals surface area contributed by atoms with E-state index in [4.69, 9.17) is 0 Å². The van der Waals surface area contributed by atoms with Gasteiger partial charge in [-0.3, -0.25) is 4.90 Å². The van der Waals surface area contributed by atoms with Crippen LogP contribution in [-0.2, 0) is 0 Å². The number of β-amino-alcohol motifs (C(OH)–C–C–N with tert-alkyl or cyclic N) is 1. The summed E-state index contributed by atoms with van der Waals surface area (Å²) >= 11 is 0. The number of benzene rings is 1. The molecular weight excluding hydrogens is 228 g/mol. The predicted octanol–water partition coefficient (Wildman–Crippen LogP) is 0.948. The molecule has 4 heteroatoms. The Labute approximate surface area is 108 Å². The summed E-state index contributed by atoms with van der Waals surface area (Å²) in [7, 11) is 0. The van der Waals surface area contributed by atoms with Crippen LogP contribution in [0.5, 0.6) is 5.75 Å². The van der Waals surface area contributed by atoms with E-state index in [1.165, 1.54) is 0 Å². The van der Waals surface area contributed by atoms with Crippen molar-refractivity contribution in [2.24, 2.45) is 0 Å². The summed E-state index contributed by atoms with van der Waals surface area (Å²) in [5.41, 5.74) is 2.76. The molecule has 0 amide bonds. The quantitative estimate of drug-likeness (QED) is 0.747. The molecule has 1 aliphatic rings. The average molecular weight is 250 g/mol.